The van der Waals surface area contributed by atoms with Gasteiger partial charge in [-0.25, -0.2) is 0 Å². The first-order valence-electron chi connectivity index (χ1n) is 8.98. The van der Waals surface area contributed by atoms with E-state index in [0.29, 0.717) is 12.0 Å². The Labute approximate surface area is 137 Å². The first kappa shape index (κ1) is 13.6. The minimum absolute atomic E-state index is 0.254. The third-order valence-corrected chi connectivity index (χ3v) is 5.71. The van der Waals surface area contributed by atoms with Crippen LogP contribution in [0, 0.1) is 5.92 Å². The molecule has 0 spiro atoms. The van der Waals surface area contributed by atoms with Crippen LogP contribution < -0.4 is 5.32 Å². The van der Waals surface area contributed by atoms with E-state index in [2.05, 4.69) is 53.8 Å². The maximum Gasteiger partial charge on any atom is 0.0895 e. The Kier molecular flexibility index (Phi) is 3.19. The molecule has 3 atom stereocenters. The van der Waals surface area contributed by atoms with Crippen LogP contribution in [0.15, 0.2) is 48.5 Å². The summed E-state index contributed by atoms with van der Waals surface area (Å²) in [6, 6.07) is 18.1. The lowest BCUT2D eigenvalue weighted by atomic mass is 9.76. The largest absolute Gasteiger partial charge is 0.377 e. The lowest BCUT2D eigenvalue weighted by molar-refractivity contribution is -0.0382. The molecule has 1 aliphatic carbocycles. The summed E-state index contributed by atoms with van der Waals surface area (Å²) in [4.78, 5) is 0. The highest BCUT2D eigenvalue weighted by Crippen LogP contribution is 2.53. The molecule has 0 amide bonds. The molecule has 2 aromatic carbocycles. The van der Waals surface area contributed by atoms with Gasteiger partial charge in [-0.3, -0.25) is 0 Å². The summed E-state index contributed by atoms with van der Waals surface area (Å²) in [6.07, 6.45) is 5.34. The number of hydrogen-bond acceptors (Lipinski definition) is 2. The van der Waals surface area contributed by atoms with Crippen LogP contribution in [0.1, 0.15) is 60.4 Å². The molecule has 2 aromatic rings. The van der Waals surface area contributed by atoms with Gasteiger partial charge in [-0.15, -0.1) is 0 Å². The van der Waals surface area contributed by atoms with E-state index in [9.17, 15) is 0 Å². The summed E-state index contributed by atoms with van der Waals surface area (Å²) in [5.41, 5.74) is 5.67. The Morgan fingerprint density at radius 2 is 1.70 bits per heavy atom. The Balaban J connectivity index is 1.62. The van der Waals surface area contributed by atoms with Crippen molar-refractivity contribution in [2.75, 3.05) is 11.9 Å². The van der Waals surface area contributed by atoms with Crippen molar-refractivity contribution in [3.05, 3.63) is 65.2 Å². The first-order chi connectivity index (χ1) is 11.4. The number of nitrogens with one attached hydrogen (secondary N) is 1. The zero-order valence-electron chi connectivity index (χ0n) is 13.4. The minimum atomic E-state index is 0.254. The molecule has 1 N–H and O–H groups in total. The van der Waals surface area contributed by atoms with Gasteiger partial charge in [0.25, 0.3) is 0 Å². The first-order valence-corrected chi connectivity index (χ1v) is 8.98. The summed E-state index contributed by atoms with van der Waals surface area (Å²) >= 11 is 0. The zero-order chi connectivity index (χ0) is 15.2. The molecule has 2 fully saturated rings. The van der Waals surface area contributed by atoms with Gasteiger partial charge in [-0.2, -0.15) is 0 Å². The highest BCUT2D eigenvalue weighted by Gasteiger charge is 2.41. The summed E-state index contributed by atoms with van der Waals surface area (Å²) in [6.45, 7) is 0.899. The molecule has 0 radical (unpaired) electrons. The molecular weight excluding hydrogens is 282 g/mol. The van der Waals surface area contributed by atoms with E-state index in [1.165, 1.54) is 48.1 Å². The van der Waals surface area contributed by atoms with Crippen LogP contribution in [0.4, 0.5) is 5.69 Å². The van der Waals surface area contributed by atoms with Crippen molar-refractivity contribution in [3.63, 3.8) is 0 Å². The molecule has 3 unspecified atom stereocenters. The van der Waals surface area contributed by atoms with E-state index >= 15 is 0 Å². The second-order valence-electron chi connectivity index (χ2n) is 7.22. The van der Waals surface area contributed by atoms with Gasteiger partial charge >= 0.3 is 0 Å². The number of fused-ring (bicyclic) bond motifs is 3. The van der Waals surface area contributed by atoms with Gasteiger partial charge in [0, 0.05) is 23.8 Å². The fraction of sp³-hybridized carbons (Fsp3) is 0.429. The molecule has 0 bridgehead atoms. The summed E-state index contributed by atoms with van der Waals surface area (Å²) in [5, 5.41) is 3.92. The van der Waals surface area contributed by atoms with E-state index in [4.69, 9.17) is 4.74 Å². The fourth-order valence-electron chi connectivity index (χ4n) is 4.45. The average Bonchev–Trinajstić information content (AvgIpc) is 3.46. The molecular formula is C21H23NO. The van der Waals surface area contributed by atoms with E-state index < -0.39 is 0 Å². The molecule has 0 aromatic heterocycles. The fourth-order valence-corrected chi connectivity index (χ4v) is 4.45. The van der Waals surface area contributed by atoms with E-state index in [1.807, 2.05) is 0 Å². The maximum absolute atomic E-state index is 6.28. The Bertz CT molecular complexity index is 707. The summed E-state index contributed by atoms with van der Waals surface area (Å²) in [7, 11) is 0. The second kappa shape index (κ2) is 5.38. The van der Waals surface area contributed by atoms with Crippen LogP contribution in [-0.2, 0) is 4.74 Å². The number of ether oxygens (including phenoxy) is 1. The van der Waals surface area contributed by atoms with Crippen LogP contribution in [0.5, 0.6) is 0 Å². The summed E-state index contributed by atoms with van der Waals surface area (Å²) in [5.74, 6) is 1.29. The normalized spacial score (nSPS) is 29.3. The molecule has 118 valence electrons. The van der Waals surface area contributed by atoms with Crippen molar-refractivity contribution in [1.29, 1.82) is 0 Å². The number of para-hydroxylation sites is 1. The quantitative estimate of drug-likeness (QED) is 0.823. The molecule has 2 nitrogen and oxygen atoms in total. The van der Waals surface area contributed by atoms with Crippen molar-refractivity contribution in [3.8, 4) is 0 Å². The van der Waals surface area contributed by atoms with Gasteiger partial charge in [0.1, 0.15) is 0 Å². The second-order valence-corrected chi connectivity index (χ2v) is 7.22. The Morgan fingerprint density at radius 1 is 0.870 bits per heavy atom. The van der Waals surface area contributed by atoms with Gasteiger partial charge in [0.15, 0.2) is 0 Å². The molecule has 2 aliphatic heterocycles. The minimum Gasteiger partial charge on any atom is -0.377 e. The van der Waals surface area contributed by atoms with Crippen LogP contribution in [-0.4, -0.2) is 6.61 Å². The molecule has 1 saturated carbocycles. The Morgan fingerprint density at radius 3 is 2.52 bits per heavy atom. The number of hydrogen-bond donors (Lipinski definition) is 1. The van der Waals surface area contributed by atoms with E-state index in [-0.39, 0.29) is 6.10 Å². The van der Waals surface area contributed by atoms with Crippen LogP contribution >= 0.6 is 0 Å². The number of anilines is 1. The van der Waals surface area contributed by atoms with E-state index in [1.54, 1.807) is 0 Å². The highest BCUT2D eigenvalue weighted by molar-refractivity contribution is 5.64. The lowest BCUT2D eigenvalue weighted by Crippen LogP contribution is -2.36. The van der Waals surface area contributed by atoms with Crippen molar-refractivity contribution < 1.29 is 4.74 Å². The third kappa shape index (κ3) is 2.28. The van der Waals surface area contributed by atoms with Crippen molar-refractivity contribution in [1.82, 2.24) is 0 Å². The van der Waals surface area contributed by atoms with E-state index in [0.717, 1.165) is 12.5 Å². The number of benzene rings is 2. The van der Waals surface area contributed by atoms with Crippen molar-refractivity contribution in [2.24, 2.45) is 5.92 Å². The Hall–Kier alpha value is -1.80. The molecule has 2 heteroatoms. The summed E-state index contributed by atoms with van der Waals surface area (Å²) < 4.78 is 6.28. The van der Waals surface area contributed by atoms with Crippen LogP contribution in [0.25, 0.3) is 0 Å². The SMILES string of the molecule is c1ccc(C2Nc3c(C4CC4)cccc3C3OCCCC23)cc1. The predicted octanol–water partition coefficient (Wildman–Crippen LogP) is 5.20. The standard InChI is InChI=1S/C21H23NO/c1-2-6-15(7-3-1)19-17-10-5-13-23-21(17)18-9-4-8-16(14-11-12-14)20(18)22-19/h1-4,6-9,14,17,19,21-22H,5,10-13H2. The van der Waals surface area contributed by atoms with Gasteiger partial charge < -0.3 is 10.1 Å². The topological polar surface area (TPSA) is 21.3 Å². The van der Waals surface area contributed by atoms with Crippen molar-refractivity contribution >= 4 is 5.69 Å². The maximum atomic E-state index is 6.28. The van der Waals surface area contributed by atoms with Crippen LogP contribution in [0.2, 0.25) is 0 Å². The van der Waals surface area contributed by atoms with Gasteiger partial charge in [-0.05, 0) is 42.7 Å². The molecule has 23 heavy (non-hydrogen) atoms. The van der Waals surface area contributed by atoms with Gasteiger partial charge in [-0.1, -0.05) is 48.5 Å². The monoisotopic (exact) mass is 305 g/mol. The smallest absolute Gasteiger partial charge is 0.0895 e. The van der Waals surface area contributed by atoms with Crippen molar-refractivity contribution in [2.45, 2.75) is 43.7 Å². The molecule has 1 saturated heterocycles. The third-order valence-electron chi connectivity index (χ3n) is 5.71. The molecule has 5 rings (SSSR count). The average molecular weight is 305 g/mol. The molecule has 3 aliphatic rings. The van der Waals surface area contributed by atoms with Gasteiger partial charge in [0.05, 0.1) is 12.1 Å². The molecule has 2 heterocycles. The predicted molar refractivity (Wildman–Crippen MR) is 92.6 cm³/mol. The van der Waals surface area contributed by atoms with Gasteiger partial charge in [0.2, 0.25) is 0 Å². The highest BCUT2D eigenvalue weighted by atomic mass is 16.5. The number of rotatable bonds is 2. The zero-order valence-corrected chi connectivity index (χ0v) is 13.4. The lowest BCUT2D eigenvalue weighted by Gasteiger charge is -2.44. The van der Waals surface area contributed by atoms with Crippen LogP contribution in [0.3, 0.4) is 0 Å².